The molecular weight excluding hydrogens is 420 g/mol. The van der Waals surface area contributed by atoms with Gasteiger partial charge in [-0.3, -0.25) is 14.4 Å². The average Bonchev–Trinajstić information content (AvgIpc) is 3.11. The number of amides is 2. The van der Waals surface area contributed by atoms with Gasteiger partial charge in [0.2, 0.25) is 5.91 Å². The summed E-state index contributed by atoms with van der Waals surface area (Å²) in [6.45, 7) is 1.48. The minimum absolute atomic E-state index is 0.119. The van der Waals surface area contributed by atoms with Crippen LogP contribution in [0.1, 0.15) is 38.8 Å². The van der Waals surface area contributed by atoms with E-state index in [4.69, 9.17) is 0 Å². The first-order chi connectivity index (χ1) is 15.9. The number of ketones is 1. The molecule has 7 heteroatoms. The van der Waals surface area contributed by atoms with Crippen LogP contribution in [0.15, 0.2) is 72.8 Å². The van der Waals surface area contributed by atoms with E-state index in [-0.39, 0.29) is 17.8 Å². The third kappa shape index (κ3) is 4.39. The fourth-order valence-corrected chi connectivity index (χ4v) is 3.95. The summed E-state index contributed by atoms with van der Waals surface area (Å²) < 4.78 is 0. The van der Waals surface area contributed by atoms with Crippen molar-refractivity contribution in [2.45, 2.75) is 25.4 Å². The van der Waals surface area contributed by atoms with E-state index in [1.807, 2.05) is 6.07 Å². The second-order valence-corrected chi connectivity index (χ2v) is 7.89. The number of carboxylic acids is 1. The smallest absolute Gasteiger partial charge is 0.326 e. The summed E-state index contributed by atoms with van der Waals surface area (Å²) in [6, 6.07) is 18.8. The molecular formula is C26H22N2O5. The Morgan fingerprint density at radius 1 is 0.818 bits per heavy atom. The van der Waals surface area contributed by atoms with Crippen LogP contribution in [0.5, 0.6) is 0 Å². The van der Waals surface area contributed by atoms with Gasteiger partial charge in [-0.2, -0.15) is 0 Å². The first-order valence-electron chi connectivity index (χ1n) is 10.5. The Balaban J connectivity index is 1.49. The zero-order valence-corrected chi connectivity index (χ0v) is 17.9. The summed E-state index contributed by atoms with van der Waals surface area (Å²) in [6.07, 6.45) is 0.119. The second-order valence-electron chi connectivity index (χ2n) is 7.89. The van der Waals surface area contributed by atoms with Crippen molar-refractivity contribution in [1.82, 2.24) is 10.6 Å². The summed E-state index contributed by atoms with van der Waals surface area (Å²) in [7, 11) is 0. The van der Waals surface area contributed by atoms with Crippen molar-refractivity contribution in [2.75, 3.05) is 0 Å². The Morgan fingerprint density at radius 3 is 2.15 bits per heavy atom. The van der Waals surface area contributed by atoms with Crippen LogP contribution in [0.25, 0.3) is 11.1 Å². The van der Waals surface area contributed by atoms with Crippen LogP contribution in [-0.4, -0.2) is 40.8 Å². The van der Waals surface area contributed by atoms with Gasteiger partial charge in [0.25, 0.3) is 5.91 Å². The van der Waals surface area contributed by atoms with Gasteiger partial charge in [0.1, 0.15) is 12.1 Å². The van der Waals surface area contributed by atoms with E-state index >= 15 is 0 Å². The number of carbonyl (C=O) groups is 4. The molecule has 2 atom stereocenters. The average molecular weight is 442 g/mol. The Labute approximate surface area is 190 Å². The van der Waals surface area contributed by atoms with Crippen LogP contribution < -0.4 is 10.6 Å². The molecule has 166 valence electrons. The quantitative estimate of drug-likeness (QED) is 0.407. The zero-order chi connectivity index (χ0) is 23.5. The van der Waals surface area contributed by atoms with Gasteiger partial charge in [0.15, 0.2) is 5.78 Å². The number of carboxylic acid groups (broad SMARTS) is 1. The molecule has 0 heterocycles. The lowest BCUT2D eigenvalue weighted by Gasteiger charge is -2.19. The molecule has 2 unspecified atom stereocenters. The number of hydrogen-bond acceptors (Lipinski definition) is 4. The zero-order valence-electron chi connectivity index (χ0n) is 17.9. The molecule has 0 saturated heterocycles. The minimum atomic E-state index is -1.17. The van der Waals surface area contributed by atoms with Crippen molar-refractivity contribution in [1.29, 1.82) is 0 Å². The van der Waals surface area contributed by atoms with E-state index in [1.165, 1.54) is 6.92 Å². The minimum Gasteiger partial charge on any atom is -0.480 e. The SMILES string of the molecule is CC(NC(=O)c1cccc2c1-c1ccccc1C2=O)C(=O)NC(Cc1ccccc1)C(=O)O. The molecule has 0 aromatic heterocycles. The maximum atomic E-state index is 13.0. The van der Waals surface area contributed by atoms with Gasteiger partial charge in [-0.05, 0) is 24.1 Å². The van der Waals surface area contributed by atoms with Crippen LogP contribution >= 0.6 is 0 Å². The summed E-state index contributed by atoms with van der Waals surface area (Å²) in [4.78, 5) is 50.0. The molecule has 3 aromatic carbocycles. The molecule has 0 saturated carbocycles. The van der Waals surface area contributed by atoms with Crippen molar-refractivity contribution in [2.24, 2.45) is 0 Å². The number of aliphatic carboxylic acids is 1. The van der Waals surface area contributed by atoms with Gasteiger partial charge in [0, 0.05) is 28.7 Å². The second kappa shape index (κ2) is 9.08. The summed E-state index contributed by atoms with van der Waals surface area (Å²) in [5.41, 5.74) is 3.23. The summed E-state index contributed by atoms with van der Waals surface area (Å²) >= 11 is 0. The van der Waals surface area contributed by atoms with E-state index in [0.29, 0.717) is 22.3 Å². The van der Waals surface area contributed by atoms with Gasteiger partial charge >= 0.3 is 5.97 Å². The normalized spacial score (nSPS) is 13.4. The Morgan fingerprint density at radius 2 is 1.45 bits per heavy atom. The highest BCUT2D eigenvalue weighted by atomic mass is 16.4. The number of carbonyl (C=O) groups excluding carboxylic acids is 3. The standard InChI is InChI=1S/C26H22N2O5/c1-15(24(30)28-21(26(32)33)14-16-8-3-2-4-9-16)27-25(31)20-13-7-12-19-22(20)17-10-5-6-11-18(17)23(19)29/h2-13,15,21H,14H2,1H3,(H,27,31)(H,28,30)(H,32,33). The third-order valence-corrected chi connectivity index (χ3v) is 5.63. The lowest BCUT2D eigenvalue weighted by molar-refractivity contribution is -0.142. The molecule has 3 aromatic rings. The number of fused-ring (bicyclic) bond motifs is 3. The van der Waals surface area contributed by atoms with Crippen LogP contribution in [0.2, 0.25) is 0 Å². The van der Waals surface area contributed by atoms with Gasteiger partial charge in [-0.1, -0.05) is 66.7 Å². The Bertz CT molecular complexity index is 1250. The molecule has 0 aliphatic heterocycles. The fraction of sp³-hybridized carbons (Fsp3) is 0.154. The van der Waals surface area contributed by atoms with E-state index in [1.54, 1.807) is 66.7 Å². The highest BCUT2D eigenvalue weighted by Crippen LogP contribution is 2.38. The monoisotopic (exact) mass is 442 g/mol. The van der Waals surface area contributed by atoms with E-state index in [2.05, 4.69) is 10.6 Å². The van der Waals surface area contributed by atoms with Crippen LogP contribution in [0, 0.1) is 0 Å². The van der Waals surface area contributed by atoms with Crippen LogP contribution in [0.4, 0.5) is 0 Å². The molecule has 0 radical (unpaired) electrons. The molecule has 33 heavy (non-hydrogen) atoms. The molecule has 7 nitrogen and oxygen atoms in total. The number of rotatable bonds is 7. The number of benzene rings is 3. The van der Waals surface area contributed by atoms with Gasteiger partial charge in [-0.25, -0.2) is 4.79 Å². The van der Waals surface area contributed by atoms with Crippen molar-refractivity contribution in [3.63, 3.8) is 0 Å². The van der Waals surface area contributed by atoms with Gasteiger partial charge < -0.3 is 15.7 Å². The van der Waals surface area contributed by atoms with Gasteiger partial charge in [0.05, 0.1) is 0 Å². The number of nitrogens with one attached hydrogen (secondary N) is 2. The van der Waals surface area contributed by atoms with Crippen LogP contribution in [-0.2, 0) is 16.0 Å². The van der Waals surface area contributed by atoms with Crippen molar-refractivity contribution in [3.8, 4) is 11.1 Å². The van der Waals surface area contributed by atoms with E-state index < -0.39 is 29.9 Å². The predicted octanol–water partition coefficient (Wildman–Crippen LogP) is 2.83. The Kier molecular flexibility index (Phi) is 6.04. The first-order valence-corrected chi connectivity index (χ1v) is 10.5. The molecule has 2 amide bonds. The maximum Gasteiger partial charge on any atom is 0.326 e. The lowest BCUT2D eigenvalue weighted by atomic mass is 9.98. The van der Waals surface area contributed by atoms with Gasteiger partial charge in [-0.15, -0.1) is 0 Å². The molecule has 3 N–H and O–H groups in total. The topological polar surface area (TPSA) is 113 Å². The van der Waals surface area contributed by atoms with Crippen molar-refractivity contribution in [3.05, 3.63) is 95.1 Å². The molecule has 1 aliphatic rings. The van der Waals surface area contributed by atoms with Crippen molar-refractivity contribution >= 4 is 23.6 Å². The molecule has 4 rings (SSSR count). The largest absolute Gasteiger partial charge is 0.480 e. The maximum absolute atomic E-state index is 13.0. The molecule has 0 fully saturated rings. The highest BCUT2D eigenvalue weighted by molar-refractivity contribution is 6.24. The lowest BCUT2D eigenvalue weighted by Crippen LogP contribution is -2.51. The van der Waals surface area contributed by atoms with Crippen molar-refractivity contribution < 1.29 is 24.3 Å². The van der Waals surface area contributed by atoms with E-state index in [0.717, 1.165) is 5.56 Å². The number of hydrogen-bond donors (Lipinski definition) is 3. The fourth-order valence-electron chi connectivity index (χ4n) is 3.95. The molecule has 1 aliphatic carbocycles. The summed E-state index contributed by atoms with van der Waals surface area (Å²) in [5, 5.41) is 14.6. The van der Waals surface area contributed by atoms with E-state index in [9.17, 15) is 24.3 Å². The van der Waals surface area contributed by atoms with Crippen LogP contribution in [0.3, 0.4) is 0 Å². The molecule has 0 spiro atoms. The molecule has 0 bridgehead atoms. The Hall–Kier alpha value is -4.26. The third-order valence-electron chi connectivity index (χ3n) is 5.63. The highest BCUT2D eigenvalue weighted by Gasteiger charge is 2.31. The summed E-state index contributed by atoms with van der Waals surface area (Å²) in [5.74, 6) is -2.45. The first kappa shape index (κ1) is 22.0. The predicted molar refractivity (Wildman–Crippen MR) is 122 cm³/mol.